The maximum atomic E-state index is 12.8. The minimum Gasteiger partial charge on any atom is -0.480 e. The number of amides is 2. The Morgan fingerprint density at radius 1 is 1.07 bits per heavy atom. The Bertz CT molecular complexity index is 1510. The van der Waals surface area contributed by atoms with E-state index in [-0.39, 0.29) is 48.0 Å². The highest BCUT2D eigenvalue weighted by molar-refractivity contribution is 5.97. The first-order valence-corrected chi connectivity index (χ1v) is 14.1. The number of hydrogen-bond acceptors (Lipinski definition) is 10. The SMILES string of the molecule is Nc1nc2ncc(CNc3ccc(C(=O)N[C@@H](CCC(=O)N4CCC5(CCNCC5)CC4)C(=O)O)cc3)nc2c(=O)[nH]1. The van der Waals surface area contributed by atoms with E-state index in [4.69, 9.17) is 5.73 Å². The van der Waals surface area contributed by atoms with Crippen LogP contribution >= 0.6 is 0 Å². The number of aromatic nitrogens is 4. The van der Waals surface area contributed by atoms with Gasteiger partial charge in [0.15, 0.2) is 11.2 Å². The van der Waals surface area contributed by atoms with Gasteiger partial charge in [-0.3, -0.25) is 19.4 Å². The number of nitrogens with one attached hydrogen (secondary N) is 4. The van der Waals surface area contributed by atoms with Gasteiger partial charge in [-0.1, -0.05) is 0 Å². The van der Waals surface area contributed by atoms with E-state index in [2.05, 4.69) is 35.9 Å². The molecule has 4 heterocycles. The Labute approximate surface area is 241 Å². The van der Waals surface area contributed by atoms with E-state index in [1.165, 1.54) is 6.20 Å². The maximum absolute atomic E-state index is 12.8. The van der Waals surface area contributed by atoms with Gasteiger partial charge >= 0.3 is 5.97 Å². The fourth-order valence-corrected chi connectivity index (χ4v) is 5.60. The molecule has 2 aromatic heterocycles. The lowest BCUT2D eigenvalue weighted by atomic mass is 9.71. The second-order valence-corrected chi connectivity index (χ2v) is 10.9. The number of carbonyl (C=O) groups is 3. The average molecular weight is 578 g/mol. The summed E-state index contributed by atoms with van der Waals surface area (Å²) in [4.78, 5) is 66.1. The molecule has 0 aliphatic carbocycles. The molecule has 2 amide bonds. The Morgan fingerprint density at radius 3 is 2.48 bits per heavy atom. The Hall–Kier alpha value is -4.59. The van der Waals surface area contributed by atoms with Crippen LogP contribution in [0.15, 0.2) is 35.3 Å². The lowest BCUT2D eigenvalue weighted by molar-refractivity contribution is -0.140. The molecule has 0 radical (unpaired) electrons. The van der Waals surface area contributed by atoms with Gasteiger partial charge in [0.25, 0.3) is 11.5 Å². The summed E-state index contributed by atoms with van der Waals surface area (Å²) in [5.41, 5.74) is 7.04. The molecule has 42 heavy (non-hydrogen) atoms. The van der Waals surface area contributed by atoms with Gasteiger partial charge in [-0.05, 0) is 74.9 Å². The molecule has 14 nitrogen and oxygen atoms in total. The van der Waals surface area contributed by atoms with Crippen molar-refractivity contribution in [1.29, 1.82) is 0 Å². The van der Waals surface area contributed by atoms with Crippen LogP contribution in [0.2, 0.25) is 0 Å². The number of fused-ring (bicyclic) bond motifs is 1. The van der Waals surface area contributed by atoms with Crippen molar-refractivity contribution in [2.24, 2.45) is 5.41 Å². The molecule has 1 atom stereocenters. The molecule has 0 bridgehead atoms. The quantitative estimate of drug-likeness (QED) is 0.210. The van der Waals surface area contributed by atoms with Crippen LogP contribution in [0.25, 0.3) is 11.2 Å². The highest BCUT2D eigenvalue weighted by Crippen LogP contribution is 2.39. The van der Waals surface area contributed by atoms with Crippen molar-refractivity contribution >= 4 is 40.6 Å². The Kier molecular flexibility index (Phi) is 8.61. The van der Waals surface area contributed by atoms with Gasteiger partial charge < -0.3 is 31.7 Å². The number of likely N-dealkylation sites (tertiary alicyclic amines) is 1. The number of carboxylic acids is 1. The average Bonchev–Trinajstić information content (AvgIpc) is 2.99. The molecule has 2 saturated heterocycles. The summed E-state index contributed by atoms with van der Waals surface area (Å²) in [7, 11) is 0. The Morgan fingerprint density at radius 2 is 1.79 bits per heavy atom. The van der Waals surface area contributed by atoms with E-state index in [1.807, 2.05) is 4.90 Å². The zero-order valence-electron chi connectivity index (χ0n) is 23.2. The minimum atomic E-state index is -1.19. The van der Waals surface area contributed by atoms with Crippen LogP contribution < -0.4 is 27.2 Å². The smallest absolute Gasteiger partial charge is 0.326 e. The summed E-state index contributed by atoms with van der Waals surface area (Å²) in [5.74, 6) is -1.84. The molecule has 1 spiro atoms. The van der Waals surface area contributed by atoms with Gasteiger partial charge in [0.2, 0.25) is 11.9 Å². The second kappa shape index (κ2) is 12.5. The third-order valence-corrected chi connectivity index (χ3v) is 8.20. The van der Waals surface area contributed by atoms with Crippen molar-refractivity contribution in [3.8, 4) is 0 Å². The van der Waals surface area contributed by atoms with Crippen LogP contribution in [0.1, 0.15) is 54.6 Å². The van der Waals surface area contributed by atoms with Gasteiger partial charge in [-0.2, -0.15) is 4.98 Å². The third kappa shape index (κ3) is 6.82. The molecular formula is C28H35N9O5. The van der Waals surface area contributed by atoms with Crippen molar-refractivity contribution in [1.82, 2.24) is 35.5 Å². The normalized spacial score (nSPS) is 17.1. The summed E-state index contributed by atoms with van der Waals surface area (Å²) < 4.78 is 0. The van der Waals surface area contributed by atoms with E-state index in [0.717, 1.165) is 38.8 Å². The standard InChI is InChI=1S/C28H35N9O5/c29-27-35-23-22(25(40)36-27)33-19(16-32-23)15-31-18-3-1-17(2-4-18)24(39)34-20(26(41)42)5-6-21(38)37-13-9-28(10-14-37)7-11-30-12-8-28/h1-4,16,20,30-31H,5-15H2,(H,34,39)(H,41,42)(H3,29,32,35,36,40)/t20-/m0/s1. The molecule has 0 saturated carbocycles. The third-order valence-electron chi connectivity index (χ3n) is 8.20. The van der Waals surface area contributed by atoms with Crippen LogP contribution in [-0.4, -0.2) is 79.9 Å². The number of H-pyrrole nitrogens is 1. The molecule has 1 aromatic carbocycles. The van der Waals surface area contributed by atoms with Crippen LogP contribution in [0.5, 0.6) is 0 Å². The number of carbonyl (C=O) groups excluding carboxylic acids is 2. The maximum Gasteiger partial charge on any atom is 0.326 e. The molecule has 222 valence electrons. The van der Waals surface area contributed by atoms with E-state index in [0.29, 0.717) is 29.9 Å². The molecule has 3 aromatic rings. The predicted octanol–water partition coefficient (Wildman–Crippen LogP) is 0.863. The van der Waals surface area contributed by atoms with E-state index >= 15 is 0 Å². The summed E-state index contributed by atoms with van der Waals surface area (Å²) in [6, 6.07) is 5.29. The van der Waals surface area contributed by atoms with Crippen molar-refractivity contribution in [2.75, 3.05) is 37.2 Å². The highest BCUT2D eigenvalue weighted by atomic mass is 16.4. The zero-order chi connectivity index (χ0) is 29.7. The number of nitrogen functional groups attached to an aromatic ring is 1. The number of nitrogens with two attached hydrogens (primary N) is 1. The largest absolute Gasteiger partial charge is 0.480 e. The molecule has 14 heteroatoms. The monoisotopic (exact) mass is 577 g/mol. The number of aliphatic carboxylic acids is 1. The van der Waals surface area contributed by atoms with Gasteiger partial charge in [-0.25, -0.2) is 14.8 Å². The molecule has 2 fully saturated rings. The van der Waals surface area contributed by atoms with Crippen LogP contribution in [0.3, 0.4) is 0 Å². The summed E-state index contributed by atoms with van der Waals surface area (Å²) >= 11 is 0. The first kappa shape index (κ1) is 28.9. The number of aromatic amines is 1. The zero-order valence-corrected chi connectivity index (χ0v) is 23.2. The lowest BCUT2D eigenvalue weighted by Gasteiger charge is -2.44. The van der Waals surface area contributed by atoms with Gasteiger partial charge in [0, 0.05) is 30.8 Å². The van der Waals surface area contributed by atoms with Crippen LogP contribution in [-0.2, 0) is 16.1 Å². The summed E-state index contributed by atoms with van der Waals surface area (Å²) in [5, 5.41) is 18.7. The number of benzene rings is 1. The Balaban J connectivity index is 1.10. The molecular weight excluding hydrogens is 542 g/mol. The number of nitrogens with zero attached hydrogens (tertiary/aromatic N) is 4. The van der Waals surface area contributed by atoms with Crippen molar-refractivity contribution in [2.45, 2.75) is 51.1 Å². The number of piperidine rings is 2. The molecule has 5 rings (SSSR count). The van der Waals surface area contributed by atoms with Gasteiger partial charge in [0.05, 0.1) is 18.4 Å². The van der Waals surface area contributed by atoms with E-state index in [9.17, 15) is 24.3 Å². The molecule has 2 aliphatic heterocycles. The minimum absolute atomic E-state index is 0.0167. The summed E-state index contributed by atoms with van der Waals surface area (Å²) in [6.07, 6.45) is 5.78. The molecule has 0 unspecified atom stereocenters. The number of rotatable bonds is 9. The van der Waals surface area contributed by atoms with Gasteiger partial charge in [0.1, 0.15) is 6.04 Å². The molecule has 2 aliphatic rings. The first-order valence-electron chi connectivity index (χ1n) is 14.1. The number of anilines is 2. The highest BCUT2D eigenvalue weighted by Gasteiger charge is 2.36. The fraction of sp³-hybridized carbons (Fsp3) is 0.464. The topological polar surface area (TPSA) is 208 Å². The lowest BCUT2D eigenvalue weighted by Crippen LogP contribution is -2.47. The van der Waals surface area contributed by atoms with Crippen LogP contribution in [0, 0.1) is 5.41 Å². The van der Waals surface area contributed by atoms with Crippen molar-refractivity contribution < 1.29 is 19.5 Å². The fourth-order valence-electron chi connectivity index (χ4n) is 5.60. The van der Waals surface area contributed by atoms with Crippen molar-refractivity contribution in [3.63, 3.8) is 0 Å². The first-order chi connectivity index (χ1) is 20.2. The van der Waals surface area contributed by atoms with Crippen molar-refractivity contribution in [3.05, 3.63) is 52.1 Å². The van der Waals surface area contributed by atoms with E-state index in [1.54, 1.807) is 24.3 Å². The van der Waals surface area contributed by atoms with E-state index < -0.39 is 23.5 Å². The second-order valence-electron chi connectivity index (χ2n) is 10.9. The predicted molar refractivity (Wildman–Crippen MR) is 155 cm³/mol. The molecule has 7 N–H and O–H groups in total. The number of hydrogen-bond donors (Lipinski definition) is 6. The number of carboxylic acid groups (broad SMARTS) is 1. The summed E-state index contributed by atoms with van der Waals surface area (Å²) in [6.45, 7) is 3.68. The van der Waals surface area contributed by atoms with Crippen LogP contribution in [0.4, 0.5) is 11.6 Å². The van der Waals surface area contributed by atoms with Gasteiger partial charge in [-0.15, -0.1) is 0 Å².